The zero-order valence-electron chi connectivity index (χ0n) is 26.7. The summed E-state index contributed by atoms with van der Waals surface area (Å²) >= 11 is 0. The molecule has 2 N–H and O–H groups in total. The molecule has 2 aromatic carbocycles. The fourth-order valence-corrected chi connectivity index (χ4v) is 4.48. The molecule has 1 unspecified atom stereocenters. The maximum atomic E-state index is 14.4. The maximum absolute atomic E-state index is 14.4. The van der Waals surface area contributed by atoms with E-state index >= 15 is 0 Å². The van der Waals surface area contributed by atoms with Gasteiger partial charge in [-0.05, 0) is 72.7 Å². The molecular formula is C32H42F2N4O6. The number of aldehydes is 1. The van der Waals surface area contributed by atoms with Gasteiger partial charge in [0, 0.05) is 53.8 Å². The minimum Gasteiger partial charge on any atom is -0.497 e. The van der Waals surface area contributed by atoms with Crippen LogP contribution in [0.2, 0.25) is 0 Å². The third-order valence-electron chi connectivity index (χ3n) is 6.62. The van der Waals surface area contributed by atoms with Crippen molar-refractivity contribution in [2.75, 3.05) is 20.8 Å². The monoisotopic (exact) mass is 616 g/mol. The van der Waals surface area contributed by atoms with Crippen molar-refractivity contribution in [2.24, 2.45) is 0 Å². The van der Waals surface area contributed by atoms with Gasteiger partial charge in [-0.1, -0.05) is 0 Å². The largest absolute Gasteiger partial charge is 0.497 e. The summed E-state index contributed by atoms with van der Waals surface area (Å²) in [6.07, 6.45) is -0.288. The Labute approximate surface area is 255 Å². The fourth-order valence-electron chi connectivity index (χ4n) is 4.48. The van der Waals surface area contributed by atoms with Gasteiger partial charge in [-0.2, -0.15) is 0 Å². The lowest BCUT2D eigenvalue weighted by Gasteiger charge is -2.18. The number of rotatable bonds is 9. The average Bonchev–Trinajstić information content (AvgIpc) is 3.48. The molecule has 4 rings (SSSR count). The number of aromatic amines is 2. The van der Waals surface area contributed by atoms with Crippen LogP contribution in [0, 0.1) is 25.5 Å². The van der Waals surface area contributed by atoms with Gasteiger partial charge in [-0.25, -0.2) is 8.78 Å². The van der Waals surface area contributed by atoms with E-state index in [1.165, 1.54) is 38.5 Å². The van der Waals surface area contributed by atoms with Gasteiger partial charge >= 0.3 is 0 Å². The number of halogens is 2. The van der Waals surface area contributed by atoms with Crippen LogP contribution in [0.15, 0.2) is 52.1 Å². The number of aryl methyl sites for hydroxylation is 1. The van der Waals surface area contributed by atoms with Crippen molar-refractivity contribution in [1.29, 1.82) is 0 Å². The smallest absolute Gasteiger partial charge is 0.270 e. The molecule has 44 heavy (non-hydrogen) atoms. The van der Waals surface area contributed by atoms with E-state index in [0.29, 0.717) is 41.6 Å². The van der Waals surface area contributed by atoms with Crippen LogP contribution in [-0.4, -0.2) is 46.7 Å². The van der Waals surface area contributed by atoms with Crippen LogP contribution in [0.5, 0.6) is 11.5 Å². The molecule has 2 heterocycles. The molecule has 0 saturated heterocycles. The lowest BCUT2D eigenvalue weighted by molar-refractivity contribution is 0.0874. The van der Waals surface area contributed by atoms with E-state index in [4.69, 9.17) is 14.2 Å². The topological polar surface area (TPSA) is 120 Å². The molecule has 0 aliphatic rings. The van der Waals surface area contributed by atoms with Crippen LogP contribution in [0.4, 0.5) is 8.78 Å². The van der Waals surface area contributed by atoms with Crippen LogP contribution in [0.25, 0.3) is 0 Å². The first-order valence-electron chi connectivity index (χ1n) is 14.1. The van der Waals surface area contributed by atoms with E-state index in [0.717, 1.165) is 11.4 Å². The molecule has 0 aliphatic carbocycles. The highest BCUT2D eigenvalue weighted by Gasteiger charge is 2.26. The van der Waals surface area contributed by atoms with Gasteiger partial charge in [-0.3, -0.25) is 33.9 Å². The van der Waals surface area contributed by atoms with Gasteiger partial charge < -0.3 is 14.2 Å². The van der Waals surface area contributed by atoms with E-state index in [1.807, 2.05) is 53.1 Å². The van der Waals surface area contributed by atoms with Crippen molar-refractivity contribution in [1.82, 2.24) is 19.6 Å². The predicted molar refractivity (Wildman–Crippen MR) is 165 cm³/mol. The molecule has 0 spiro atoms. The highest BCUT2D eigenvalue weighted by molar-refractivity contribution is 5.75. The molecule has 0 fully saturated rings. The summed E-state index contributed by atoms with van der Waals surface area (Å²) in [5, 5.41) is 5.50. The number of nitrogens with zero attached hydrogens (tertiary/aromatic N) is 2. The Morgan fingerprint density at radius 1 is 0.841 bits per heavy atom. The SMILES string of the molecule is CCOC(c1ccc(OC)cc1F)c1c(C)n(C(C)C)[nH]c1=O.COc1ccc(C=O)c(F)c1.Cc1cc(=O)[nH]n1C(C)C. The molecule has 0 amide bonds. The van der Waals surface area contributed by atoms with Gasteiger partial charge in [0.1, 0.15) is 29.2 Å². The quantitative estimate of drug-likeness (QED) is 0.221. The number of aromatic nitrogens is 4. The maximum Gasteiger partial charge on any atom is 0.270 e. The first kappa shape index (κ1) is 35.7. The molecule has 10 nitrogen and oxygen atoms in total. The average molecular weight is 617 g/mol. The molecule has 240 valence electrons. The van der Waals surface area contributed by atoms with Gasteiger partial charge in [0.25, 0.3) is 11.1 Å². The molecular weight excluding hydrogens is 574 g/mol. The Kier molecular flexibility index (Phi) is 13.3. The molecule has 0 saturated carbocycles. The van der Waals surface area contributed by atoms with E-state index in [-0.39, 0.29) is 22.7 Å². The molecule has 2 aromatic heterocycles. The predicted octanol–water partition coefficient (Wildman–Crippen LogP) is 6.05. The molecule has 4 aromatic rings. The van der Waals surface area contributed by atoms with Crippen molar-refractivity contribution < 1.29 is 27.8 Å². The van der Waals surface area contributed by atoms with Crippen LogP contribution < -0.4 is 20.6 Å². The van der Waals surface area contributed by atoms with Crippen molar-refractivity contribution >= 4 is 6.29 Å². The Morgan fingerprint density at radius 3 is 1.80 bits per heavy atom. The van der Waals surface area contributed by atoms with Crippen molar-refractivity contribution in [3.05, 3.63) is 103 Å². The van der Waals surface area contributed by atoms with Crippen LogP contribution in [0.1, 0.15) is 85.7 Å². The van der Waals surface area contributed by atoms with Crippen molar-refractivity contribution in [2.45, 2.75) is 66.7 Å². The Balaban J connectivity index is 0.000000266. The molecule has 0 bridgehead atoms. The summed E-state index contributed by atoms with van der Waals surface area (Å²) in [7, 11) is 2.92. The summed E-state index contributed by atoms with van der Waals surface area (Å²) in [4.78, 5) is 33.3. The summed E-state index contributed by atoms with van der Waals surface area (Å²) in [5.74, 6) is -0.182. The summed E-state index contributed by atoms with van der Waals surface area (Å²) in [6, 6.07) is 10.7. The van der Waals surface area contributed by atoms with E-state index in [2.05, 4.69) is 10.2 Å². The zero-order valence-corrected chi connectivity index (χ0v) is 26.7. The lowest BCUT2D eigenvalue weighted by Crippen LogP contribution is -2.17. The standard InChI is InChI=1S/C17H23FN2O3.C8H7FO2.C7H12N2O/c1-6-23-16(13-8-7-12(22-5)9-14(13)18)15-11(4)20(10(2)3)19-17(15)21;1-11-7-3-2-6(5-10)8(9)4-7;1-5(2)9-6(3)4-7(10)8-9/h7-10,16H,6H2,1-5H3,(H,19,21);2-5H,1H3;4-5H,1-3H3,(H,8,10). The minimum atomic E-state index is -0.755. The lowest BCUT2D eigenvalue weighted by atomic mass is 10.0. The van der Waals surface area contributed by atoms with Gasteiger partial charge in [0.05, 0.1) is 25.3 Å². The van der Waals surface area contributed by atoms with E-state index < -0.39 is 17.7 Å². The molecule has 12 heteroatoms. The number of H-pyrrole nitrogens is 2. The number of benzene rings is 2. The van der Waals surface area contributed by atoms with Crippen LogP contribution in [-0.2, 0) is 4.74 Å². The van der Waals surface area contributed by atoms with Crippen molar-refractivity contribution in [3.8, 4) is 11.5 Å². The van der Waals surface area contributed by atoms with Gasteiger partial charge in [-0.15, -0.1) is 0 Å². The number of ether oxygens (including phenoxy) is 3. The first-order chi connectivity index (χ1) is 20.8. The second-order valence-corrected chi connectivity index (χ2v) is 10.4. The second-order valence-electron chi connectivity index (χ2n) is 10.4. The normalized spacial score (nSPS) is 11.4. The third kappa shape index (κ3) is 9.03. The number of carbonyl (C=O) groups excluding carboxylic acids is 1. The molecule has 1 atom stereocenters. The number of hydrogen-bond donors (Lipinski definition) is 2. The van der Waals surface area contributed by atoms with Crippen molar-refractivity contribution in [3.63, 3.8) is 0 Å². The summed E-state index contributed by atoms with van der Waals surface area (Å²) in [6.45, 7) is 13.9. The number of hydrogen-bond acceptors (Lipinski definition) is 6. The highest BCUT2D eigenvalue weighted by atomic mass is 19.1. The summed E-state index contributed by atoms with van der Waals surface area (Å²) < 4.78 is 46.3. The Bertz CT molecular complexity index is 1630. The number of carbonyl (C=O) groups is 1. The fraction of sp³-hybridized carbons (Fsp3) is 0.406. The van der Waals surface area contributed by atoms with E-state index in [1.54, 1.807) is 22.9 Å². The number of methoxy groups -OCH3 is 2. The summed E-state index contributed by atoms with van der Waals surface area (Å²) in [5.41, 5.74) is 2.26. The first-order valence-corrected chi connectivity index (χ1v) is 14.1. The van der Waals surface area contributed by atoms with Gasteiger partial charge in [0.15, 0.2) is 6.29 Å². The Morgan fingerprint density at radius 2 is 1.41 bits per heavy atom. The number of nitrogens with one attached hydrogen (secondary N) is 2. The second kappa shape index (κ2) is 16.4. The van der Waals surface area contributed by atoms with E-state index in [9.17, 15) is 23.2 Å². The Hall–Kier alpha value is -4.45. The zero-order chi connectivity index (χ0) is 33.1. The molecule has 0 aliphatic heterocycles. The van der Waals surface area contributed by atoms with Crippen LogP contribution >= 0.6 is 0 Å². The molecule has 0 radical (unpaired) electrons. The van der Waals surface area contributed by atoms with Gasteiger partial charge in [0.2, 0.25) is 0 Å². The third-order valence-corrected chi connectivity index (χ3v) is 6.62. The minimum absolute atomic E-state index is 0.0220. The van der Waals surface area contributed by atoms with Crippen LogP contribution in [0.3, 0.4) is 0 Å². The highest BCUT2D eigenvalue weighted by Crippen LogP contribution is 2.30.